The van der Waals surface area contributed by atoms with E-state index >= 15 is 0 Å². The second-order valence-electron chi connectivity index (χ2n) is 5.56. The second-order valence-corrected chi connectivity index (χ2v) is 6.97. The fourth-order valence-corrected chi connectivity index (χ4v) is 2.92. The lowest BCUT2D eigenvalue weighted by Crippen LogP contribution is -2.13. The number of aliphatic hydroxyl groups is 2. The molecule has 0 saturated carbocycles. The Morgan fingerprint density at radius 2 is 1.23 bits per heavy atom. The first kappa shape index (κ1) is 24.0. The van der Waals surface area contributed by atoms with Crippen molar-refractivity contribution in [2.24, 2.45) is 0 Å². The second kappa shape index (κ2) is 20.7. The number of carbonyl (C=O) groups is 1. The smallest absolute Gasteiger partial charge is 0.300 e. The lowest BCUT2D eigenvalue weighted by Gasteiger charge is -2.09. The Balaban J connectivity index is 0. The molecule has 0 aromatic rings. The van der Waals surface area contributed by atoms with Gasteiger partial charge >= 0.3 is 0 Å². The van der Waals surface area contributed by atoms with Crippen molar-refractivity contribution in [1.29, 1.82) is 0 Å². The van der Waals surface area contributed by atoms with E-state index in [1.165, 1.54) is 64.2 Å². The number of aliphatic carboxylic acids is 1. The van der Waals surface area contributed by atoms with Crippen LogP contribution in [0.4, 0.5) is 0 Å². The Labute approximate surface area is 140 Å². The average Bonchev–Trinajstić information content (AvgIpc) is 2.48. The molecule has 0 atom stereocenters. The maximum Gasteiger partial charge on any atom is 0.300 e. The van der Waals surface area contributed by atoms with Crippen LogP contribution < -0.4 is 0 Å². The predicted octanol–water partition coefficient (Wildman–Crippen LogP) is 4.08. The molecule has 0 amide bonds. The van der Waals surface area contributed by atoms with Crippen LogP contribution in [0, 0.1) is 0 Å². The van der Waals surface area contributed by atoms with Gasteiger partial charge in [0.15, 0.2) is 0 Å². The average molecular weight is 337 g/mol. The van der Waals surface area contributed by atoms with Gasteiger partial charge in [-0.15, -0.1) is 0 Å². The number of rotatable bonds is 14. The van der Waals surface area contributed by atoms with Gasteiger partial charge in [0.05, 0.1) is 18.5 Å². The highest BCUT2D eigenvalue weighted by Gasteiger charge is 2.04. The highest BCUT2D eigenvalue weighted by molar-refractivity contribution is 7.99. The third-order valence-corrected chi connectivity index (χ3v) is 4.55. The normalized spacial score (nSPS) is 10.4. The summed E-state index contributed by atoms with van der Waals surface area (Å²) < 4.78 is 0. The molecule has 0 heterocycles. The van der Waals surface area contributed by atoms with Gasteiger partial charge in [-0.2, -0.15) is 11.8 Å². The quantitative estimate of drug-likeness (QED) is 0.417. The minimum Gasteiger partial charge on any atom is -0.481 e. The molecular formula is C17H36O4S. The molecule has 0 aliphatic heterocycles. The zero-order chi connectivity index (χ0) is 17.1. The van der Waals surface area contributed by atoms with Crippen molar-refractivity contribution in [3.05, 3.63) is 0 Å². The number of hydrogen-bond acceptors (Lipinski definition) is 4. The minimum atomic E-state index is -0.833. The van der Waals surface area contributed by atoms with Gasteiger partial charge in [-0.1, -0.05) is 64.7 Å². The zero-order valence-electron chi connectivity index (χ0n) is 14.4. The Hall–Kier alpha value is -0.260. The van der Waals surface area contributed by atoms with Crippen molar-refractivity contribution >= 4 is 17.7 Å². The molecule has 0 aromatic heterocycles. The maximum atomic E-state index is 9.00. The van der Waals surface area contributed by atoms with E-state index in [1.54, 1.807) is 11.8 Å². The van der Waals surface area contributed by atoms with Crippen LogP contribution in [0.25, 0.3) is 0 Å². The Kier molecular flexibility index (Phi) is 22.6. The summed E-state index contributed by atoms with van der Waals surface area (Å²) in [5, 5.41) is 25.3. The molecule has 0 unspecified atom stereocenters. The SMILES string of the molecule is CC(=O)O.CCCCCCCCCCCCSC(CO)CO. The molecule has 0 bridgehead atoms. The molecule has 0 aliphatic carbocycles. The highest BCUT2D eigenvalue weighted by Crippen LogP contribution is 2.15. The monoisotopic (exact) mass is 336 g/mol. The molecule has 0 rings (SSSR count). The van der Waals surface area contributed by atoms with Crippen LogP contribution in [0.3, 0.4) is 0 Å². The summed E-state index contributed by atoms with van der Waals surface area (Å²) in [4.78, 5) is 9.00. The summed E-state index contributed by atoms with van der Waals surface area (Å²) in [6.07, 6.45) is 13.6. The van der Waals surface area contributed by atoms with Gasteiger partial charge in [0.25, 0.3) is 5.97 Å². The van der Waals surface area contributed by atoms with Crippen LogP contribution in [0.2, 0.25) is 0 Å². The lowest BCUT2D eigenvalue weighted by atomic mass is 10.1. The van der Waals surface area contributed by atoms with Crippen molar-refractivity contribution in [1.82, 2.24) is 0 Å². The molecule has 3 N–H and O–H groups in total. The van der Waals surface area contributed by atoms with Crippen LogP contribution >= 0.6 is 11.8 Å². The van der Waals surface area contributed by atoms with Crippen LogP contribution in [-0.4, -0.2) is 45.5 Å². The minimum absolute atomic E-state index is 0.0311. The maximum absolute atomic E-state index is 9.00. The molecule has 22 heavy (non-hydrogen) atoms. The number of aliphatic hydroxyl groups excluding tert-OH is 2. The first-order chi connectivity index (χ1) is 10.6. The standard InChI is InChI=1S/C15H32O2S.C2H4O2/c1-2-3-4-5-6-7-8-9-10-11-12-18-15(13-16)14-17;1-2(3)4/h15-17H,2-14H2,1H3;1H3,(H,3,4). The fourth-order valence-electron chi connectivity index (χ4n) is 2.00. The summed E-state index contributed by atoms with van der Waals surface area (Å²) in [5.41, 5.74) is 0. The Morgan fingerprint density at radius 1 is 0.864 bits per heavy atom. The first-order valence-corrected chi connectivity index (χ1v) is 9.66. The summed E-state index contributed by atoms with van der Waals surface area (Å²) in [6.45, 7) is 3.54. The zero-order valence-corrected chi connectivity index (χ0v) is 15.2. The Bertz CT molecular complexity index is 217. The molecule has 134 valence electrons. The summed E-state index contributed by atoms with van der Waals surface area (Å²) in [7, 11) is 0. The van der Waals surface area contributed by atoms with Gasteiger partial charge < -0.3 is 15.3 Å². The summed E-state index contributed by atoms with van der Waals surface area (Å²) >= 11 is 1.70. The van der Waals surface area contributed by atoms with Gasteiger partial charge in [-0.05, 0) is 12.2 Å². The largest absolute Gasteiger partial charge is 0.481 e. The molecule has 0 aromatic carbocycles. The third kappa shape index (κ3) is 24.7. The lowest BCUT2D eigenvalue weighted by molar-refractivity contribution is -0.134. The van der Waals surface area contributed by atoms with Crippen molar-refractivity contribution in [3.8, 4) is 0 Å². The third-order valence-electron chi connectivity index (χ3n) is 3.26. The molecule has 0 fully saturated rings. The fraction of sp³-hybridized carbons (Fsp3) is 0.941. The van der Waals surface area contributed by atoms with Gasteiger partial charge in [-0.3, -0.25) is 4.79 Å². The van der Waals surface area contributed by atoms with E-state index in [4.69, 9.17) is 20.1 Å². The Morgan fingerprint density at radius 3 is 1.59 bits per heavy atom. The molecule has 0 spiro atoms. The van der Waals surface area contributed by atoms with Gasteiger partial charge in [0, 0.05) is 6.92 Å². The van der Waals surface area contributed by atoms with Crippen LogP contribution in [0.1, 0.15) is 78.1 Å². The van der Waals surface area contributed by atoms with Gasteiger partial charge in [0.2, 0.25) is 0 Å². The van der Waals surface area contributed by atoms with Gasteiger partial charge in [0.1, 0.15) is 0 Å². The van der Waals surface area contributed by atoms with E-state index < -0.39 is 5.97 Å². The topological polar surface area (TPSA) is 77.8 Å². The predicted molar refractivity (Wildman–Crippen MR) is 95.6 cm³/mol. The molecule has 4 nitrogen and oxygen atoms in total. The van der Waals surface area contributed by atoms with E-state index in [0.717, 1.165) is 12.7 Å². The number of unbranched alkanes of at least 4 members (excludes halogenated alkanes) is 9. The van der Waals surface area contributed by atoms with Crippen LogP contribution in [-0.2, 0) is 4.79 Å². The van der Waals surface area contributed by atoms with E-state index in [2.05, 4.69) is 6.92 Å². The molecule has 5 heteroatoms. The number of carboxylic acids is 1. The first-order valence-electron chi connectivity index (χ1n) is 8.61. The molecule has 0 saturated heterocycles. The molecule has 0 radical (unpaired) electrons. The van der Waals surface area contributed by atoms with Crippen molar-refractivity contribution in [3.63, 3.8) is 0 Å². The molecular weight excluding hydrogens is 300 g/mol. The number of hydrogen-bond donors (Lipinski definition) is 3. The van der Waals surface area contributed by atoms with Crippen molar-refractivity contribution in [2.75, 3.05) is 19.0 Å². The highest BCUT2D eigenvalue weighted by atomic mass is 32.2. The molecule has 0 aliphatic rings. The van der Waals surface area contributed by atoms with Crippen LogP contribution in [0.15, 0.2) is 0 Å². The van der Waals surface area contributed by atoms with Gasteiger partial charge in [-0.25, -0.2) is 0 Å². The van der Waals surface area contributed by atoms with E-state index in [-0.39, 0.29) is 18.5 Å². The van der Waals surface area contributed by atoms with E-state index in [1.807, 2.05) is 0 Å². The van der Waals surface area contributed by atoms with Crippen molar-refractivity contribution in [2.45, 2.75) is 83.3 Å². The van der Waals surface area contributed by atoms with E-state index in [0.29, 0.717) is 0 Å². The number of carboxylic acid groups (broad SMARTS) is 1. The summed E-state index contributed by atoms with van der Waals surface area (Å²) in [5.74, 6) is 0.238. The number of thioether (sulfide) groups is 1. The van der Waals surface area contributed by atoms with Crippen LogP contribution in [0.5, 0.6) is 0 Å². The van der Waals surface area contributed by atoms with Crippen molar-refractivity contribution < 1.29 is 20.1 Å². The van der Waals surface area contributed by atoms with E-state index in [9.17, 15) is 0 Å². The summed E-state index contributed by atoms with van der Waals surface area (Å²) in [6, 6.07) is 0.